The molecule has 0 radical (unpaired) electrons. The molecular formula is C30H30ClNO4S2. The third kappa shape index (κ3) is 6.70. The van der Waals surface area contributed by atoms with Gasteiger partial charge in [-0.05, 0) is 59.4 Å². The summed E-state index contributed by atoms with van der Waals surface area (Å²) in [6.45, 7) is 7.40. The average Bonchev–Trinajstić information content (AvgIpc) is 3.15. The van der Waals surface area contributed by atoms with E-state index >= 15 is 0 Å². The largest absolute Gasteiger partial charge is 0.493 e. The number of methoxy groups -OCH3 is 1. The van der Waals surface area contributed by atoms with Crippen LogP contribution in [0.15, 0.2) is 65.6 Å². The zero-order chi connectivity index (χ0) is 27.2. The fraction of sp³-hybridized carbons (Fsp3) is 0.267. The SMILES string of the molecule is COc1cc(/C=C2\SC(=S)N(Cc3ccccc3)C2=O)cc(Cl)c1OCCOc1cc(C)ccc1C(C)C. The standard InChI is InChI=1S/C30H30ClNO4S2/c1-19(2)23-11-10-20(3)14-25(23)35-12-13-36-28-24(31)15-22(16-26(28)34-4)17-27-29(33)32(30(37)38-27)18-21-8-6-5-7-9-21/h5-11,14-17,19H,12-13,18H2,1-4H3/b27-17-. The molecular weight excluding hydrogens is 538 g/mol. The zero-order valence-electron chi connectivity index (χ0n) is 21.8. The summed E-state index contributed by atoms with van der Waals surface area (Å²) < 4.78 is 18.1. The van der Waals surface area contributed by atoms with Crippen molar-refractivity contribution in [3.05, 3.63) is 92.8 Å². The molecule has 3 aromatic rings. The molecule has 1 fully saturated rings. The topological polar surface area (TPSA) is 48.0 Å². The summed E-state index contributed by atoms with van der Waals surface area (Å²) in [5.74, 6) is 1.99. The fourth-order valence-electron chi connectivity index (χ4n) is 4.06. The molecule has 8 heteroatoms. The maximum absolute atomic E-state index is 13.1. The molecule has 0 saturated carbocycles. The van der Waals surface area contributed by atoms with Crippen LogP contribution in [0.2, 0.25) is 5.02 Å². The van der Waals surface area contributed by atoms with E-state index in [1.807, 2.05) is 43.3 Å². The number of nitrogens with zero attached hydrogens (tertiary/aromatic N) is 1. The van der Waals surface area contributed by atoms with Crippen molar-refractivity contribution in [3.63, 3.8) is 0 Å². The average molecular weight is 568 g/mol. The Morgan fingerprint density at radius 1 is 1.03 bits per heavy atom. The minimum Gasteiger partial charge on any atom is -0.493 e. The van der Waals surface area contributed by atoms with Crippen molar-refractivity contribution in [2.75, 3.05) is 20.3 Å². The van der Waals surface area contributed by atoms with Gasteiger partial charge in [-0.15, -0.1) is 0 Å². The lowest BCUT2D eigenvalue weighted by Gasteiger charge is -2.16. The summed E-state index contributed by atoms with van der Waals surface area (Å²) in [4.78, 5) is 15.2. The smallest absolute Gasteiger partial charge is 0.266 e. The molecule has 1 aliphatic rings. The minimum absolute atomic E-state index is 0.131. The van der Waals surface area contributed by atoms with E-state index in [0.717, 1.165) is 28.0 Å². The lowest BCUT2D eigenvalue weighted by Crippen LogP contribution is -2.27. The Kier molecular flexibility index (Phi) is 9.36. The number of ether oxygens (including phenoxy) is 3. The Hall–Kier alpha value is -3.00. The third-order valence-corrected chi connectivity index (χ3v) is 7.64. The van der Waals surface area contributed by atoms with Crippen molar-refractivity contribution in [1.82, 2.24) is 4.90 Å². The molecule has 0 N–H and O–H groups in total. The molecule has 0 spiro atoms. The van der Waals surface area contributed by atoms with Crippen LogP contribution in [0.5, 0.6) is 17.2 Å². The maximum Gasteiger partial charge on any atom is 0.266 e. The minimum atomic E-state index is -0.131. The van der Waals surface area contributed by atoms with Gasteiger partial charge < -0.3 is 14.2 Å². The van der Waals surface area contributed by atoms with Crippen LogP contribution in [-0.2, 0) is 11.3 Å². The molecule has 1 heterocycles. The second kappa shape index (κ2) is 12.7. The monoisotopic (exact) mass is 567 g/mol. The van der Waals surface area contributed by atoms with E-state index in [2.05, 4.69) is 26.0 Å². The number of hydrogen-bond donors (Lipinski definition) is 0. The van der Waals surface area contributed by atoms with Crippen LogP contribution in [0.4, 0.5) is 0 Å². The molecule has 4 rings (SSSR count). The number of thiocarbonyl (C=S) groups is 1. The van der Waals surface area contributed by atoms with Crippen LogP contribution in [0, 0.1) is 6.92 Å². The Morgan fingerprint density at radius 2 is 1.76 bits per heavy atom. The highest BCUT2D eigenvalue weighted by Crippen LogP contribution is 2.39. The summed E-state index contributed by atoms with van der Waals surface area (Å²) >= 11 is 13.3. The first-order valence-electron chi connectivity index (χ1n) is 12.3. The van der Waals surface area contributed by atoms with Crippen LogP contribution in [0.3, 0.4) is 0 Å². The highest BCUT2D eigenvalue weighted by Gasteiger charge is 2.32. The van der Waals surface area contributed by atoms with Crippen LogP contribution in [-0.4, -0.2) is 35.5 Å². The Balaban J connectivity index is 1.43. The maximum atomic E-state index is 13.1. The van der Waals surface area contributed by atoms with Gasteiger partial charge in [0.2, 0.25) is 0 Å². The summed E-state index contributed by atoms with van der Waals surface area (Å²) in [6.07, 6.45) is 1.77. The summed E-state index contributed by atoms with van der Waals surface area (Å²) in [5.41, 5.74) is 4.03. The second-order valence-corrected chi connectivity index (χ2v) is 11.3. The molecule has 0 unspecified atom stereocenters. The van der Waals surface area contributed by atoms with E-state index in [9.17, 15) is 4.79 Å². The number of benzene rings is 3. The molecule has 0 bridgehead atoms. The first kappa shape index (κ1) is 28.0. The fourth-order valence-corrected chi connectivity index (χ4v) is 5.58. The third-order valence-electron chi connectivity index (χ3n) is 5.99. The first-order valence-corrected chi connectivity index (χ1v) is 13.9. The van der Waals surface area contributed by atoms with Gasteiger partial charge in [0.1, 0.15) is 23.3 Å². The van der Waals surface area contributed by atoms with Crippen molar-refractivity contribution in [1.29, 1.82) is 0 Å². The normalized spacial score (nSPS) is 14.5. The van der Waals surface area contributed by atoms with Crippen molar-refractivity contribution >= 4 is 51.9 Å². The lowest BCUT2D eigenvalue weighted by molar-refractivity contribution is -0.122. The molecule has 1 aliphatic heterocycles. The van der Waals surface area contributed by atoms with Gasteiger partial charge in [0.05, 0.1) is 23.6 Å². The van der Waals surface area contributed by atoms with E-state index in [1.165, 1.54) is 11.8 Å². The molecule has 1 amide bonds. The highest BCUT2D eigenvalue weighted by atomic mass is 35.5. The number of carbonyl (C=O) groups excluding carboxylic acids is 1. The molecule has 0 aromatic heterocycles. The van der Waals surface area contributed by atoms with Crippen LogP contribution >= 0.6 is 35.6 Å². The van der Waals surface area contributed by atoms with E-state index in [4.69, 9.17) is 38.0 Å². The predicted octanol–water partition coefficient (Wildman–Crippen LogP) is 7.64. The molecule has 198 valence electrons. The summed E-state index contributed by atoms with van der Waals surface area (Å²) in [6, 6.07) is 19.6. The Morgan fingerprint density at radius 3 is 2.47 bits per heavy atom. The molecule has 38 heavy (non-hydrogen) atoms. The van der Waals surface area contributed by atoms with Gasteiger partial charge in [-0.3, -0.25) is 9.69 Å². The summed E-state index contributed by atoms with van der Waals surface area (Å²) in [5, 5.41) is 0.383. The molecule has 0 atom stereocenters. The summed E-state index contributed by atoms with van der Waals surface area (Å²) in [7, 11) is 1.56. The highest BCUT2D eigenvalue weighted by molar-refractivity contribution is 8.26. The van der Waals surface area contributed by atoms with Crippen molar-refractivity contribution < 1.29 is 19.0 Å². The van der Waals surface area contributed by atoms with E-state index in [-0.39, 0.29) is 5.91 Å². The molecule has 0 aliphatic carbocycles. The number of halogens is 1. The van der Waals surface area contributed by atoms with Crippen molar-refractivity contribution in [2.24, 2.45) is 0 Å². The predicted molar refractivity (Wildman–Crippen MR) is 159 cm³/mol. The van der Waals surface area contributed by atoms with Gasteiger partial charge in [-0.2, -0.15) is 0 Å². The number of thioether (sulfide) groups is 1. The molecule has 5 nitrogen and oxygen atoms in total. The number of hydrogen-bond acceptors (Lipinski definition) is 6. The van der Waals surface area contributed by atoms with Gasteiger partial charge >= 0.3 is 0 Å². The molecule has 1 saturated heterocycles. The van der Waals surface area contributed by atoms with Gasteiger partial charge in [-0.1, -0.05) is 91.9 Å². The first-order chi connectivity index (χ1) is 18.3. The van der Waals surface area contributed by atoms with E-state index in [0.29, 0.717) is 51.4 Å². The van der Waals surface area contributed by atoms with Gasteiger partial charge in [0, 0.05) is 0 Å². The van der Waals surface area contributed by atoms with E-state index in [1.54, 1.807) is 30.2 Å². The van der Waals surface area contributed by atoms with Crippen molar-refractivity contribution in [3.8, 4) is 17.2 Å². The van der Waals surface area contributed by atoms with Crippen molar-refractivity contribution in [2.45, 2.75) is 33.2 Å². The van der Waals surface area contributed by atoms with Gasteiger partial charge in [-0.25, -0.2) is 0 Å². The lowest BCUT2D eigenvalue weighted by atomic mass is 10.0. The van der Waals surface area contributed by atoms with E-state index < -0.39 is 0 Å². The van der Waals surface area contributed by atoms with Gasteiger partial charge in [0.25, 0.3) is 5.91 Å². The number of amides is 1. The zero-order valence-corrected chi connectivity index (χ0v) is 24.2. The van der Waals surface area contributed by atoms with Gasteiger partial charge in [0.15, 0.2) is 11.5 Å². The number of rotatable bonds is 10. The van der Waals surface area contributed by atoms with Crippen LogP contribution in [0.1, 0.15) is 42.0 Å². The Bertz CT molecular complexity index is 1360. The number of aryl methyl sites for hydroxylation is 1. The number of carbonyl (C=O) groups is 1. The molecule has 3 aromatic carbocycles. The van der Waals surface area contributed by atoms with Crippen LogP contribution < -0.4 is 14.2 Å². The van der Waals surface area contributed by atoms with Crippen LogP contribution in [0.25, 0.3) is 6.08 Å². The second-order valence-electron chi connectivity index (χ2n) is 9.18. The Labute approximate surface area is 238 Å². The quantitative estimate of drug-likeness (QED) is 0.142.